The van der Waals surface area contributed by atoms with Crippen LogP contribution in [0.2, 0.25) is 0 Å². The summed E-state index contributed by atoms with van der Waals surface area (Å²) in [4.78, 5) is 0.966. The van der Waals surface area contributed by atoms with Crippen LogP contribution in [0.1, 0.15) is 11.8 Å². The van der Waals surface area contributed by atoms with Gasteiger partial charge in [0.05, 0.1) is 18.8 Å². The SMILES string of the molecule is Cc1ccc(S(=O)(=O)N2CC(C)OC(CO)C2)s1. The third-order valence-electron chi connectivity index (χ3n) is 2.81. The molecule has 2 rings (SSSR count). The van der Waals surface area contributed by atoms with Crippen molar-refractivity contribution in [2.24, 2.45) is 0 Å². The van der Waals surface area contributed by atoms with E-state index in [0.717, 1.165) is 4.88 Å². The summed E-state index contributed by atoms with van der Waals surface area (Å²) in [7, 11) is -3.46. The molecule has 1 aromatic heterocycles. The number of morpholine rings is 1. The van der Waals surface area contributed by atoms with Crippen LogP contribution in [0.25, 0.3) is 0 Å². The molecule has 0 aromatic carbocycles. The number of thiophene rings is 1. The van der Waals surface area contributed by atoms with Gasteiger partial charge in [-0.1, -0.05) is 0 Å². The Labute approximate surface area is 111 Å². The summed E-state index contributed by atoms with van der Waals surface area (Å²) >= 11 is 1.27. The number of aliphatic hydroxyl groups excluding tert-OH is 1. The normalized spacial score (nSPS) is 26.4. The number of rotatable bonds is 3. The molecule has 2 heterocycles. The Morgan fingerprint density at radius 3 is 2.78 bits per heavy atom. The summed E-state index contributed by atoms with van der Waals surface area (Å²) in [6.45, 7) is 4.06. The number of sulfonamides is 1. The summed E-state index contributed by atoms with van der Waals surface area (Å²) in [6, 6.07) is 3.42. The molecule has 18 heavy (non-hydrogen) atoms. The molecule has 5 nitrogen and oxygen atoms in total. The average molecular weight is 291 g/mol. The van der Waals surface area contributed by atoms with Crippen molar-refractivity contribution in [2.45, 2.75) is 30.3 Å². The lowest BCUT2D eigenvalue weighted by Crippen LogP contribution is -2.50. The van der Waals surface area contributed by atoms with Crippen LogP contribution in [0.3, 0.4) is 0 Å². The maximum Gasteiger partial charge on any atom is 0.252 e. The lowest BCUT2D eigenvalue weighted by Gasteiger charge is -2.34. The van der Waals surface area contributed by atoms with Crippen molar-refractivity contribution < 1.29 is 18.3 Å². The molecule has 0 radical (unpaired) electrons. The van der Waals surface area contributed by atoms with Gasteiger partial charge in [0.15, 0.2) is 0 Å². The minimum Gasteiger partial charge on any atom is -0.394 e. The molecule has 1 fully saturated rings. The quantitative estimate of drug-likeness (QED) is 0.895. The summed E-state index contributed by atoms with van der Waals surface area (Å²) in [5.41, 5.74) is 0. The minimum atomic E-state index is -3.46. The van der Waals surface area contributed by atoms with E-state index in [0.29, 0.717) is 10.8 Å². The second-order valence-electron chi connectivity index (χ2n) is 4.44. The van der Waals surface area contributed by atoms with Crippen molar-refractivity contribution in [3.05, 3.63) is 17.0 Å². The highest BCUT2D eigenvalue weighted by Crippen LogP contribution is 2.26. The number of aryl methyl sites for hydroxylation is 1. The number of hydrogen-bond donors (Lipinski definition) is 1. The van der Waals surface area contributed by atoms with Crippen molar-refractivity contribution in [1.29, 1.82) is 0 Å². The lowest BCUT2D eigenvalue weighted by atomic mass is 10.2. The maximum atomic E-state index is 12.4. The van der Waals surface area contributed by atoms with E-state index in [9.17, 15) is 8.42 Å². The topological polar surface area (TPSA) is 66.8 Å². The second-order valence-corrected chi connectivity index (χ2v) is 7.89. The number of aliphatic hydroxyl groups is 1. The van der Waals surface area contributed by atoms with E-state index in [4.69, 9.17) is 9.84 Å². The van der Waals surface area contributed by atoms with Gasteiger partial charge in [0.1, 0.15) is 4.21 Å². The molecule has 0 bridgehead atoms. The molecule has 7 heteroatoms. The van der Waals surface area contributed by atoms with E-state index in [1.165, 1.54) is 15.6 Å². The Morgan fingerprint density at radius 1 is 1.50 bits per heavy atom. The van der Waals surface area contributed by atoms with Crippen molar-refractivity contribution in [3.8, 4) is 0 Å². The van der Waals surface area contributed by atoms with Crippen molar-refractivity contribution >= 4 is 21.4 Å². The van der Waals surface area contributed by atoms with Gasteiger partial charge in [0.25, 0.3) is 10.0 Å². The first-order valence-electron chi connectivity index (χ1n) is 5.76. The zero-order valence-electron chi connectivity index (χ0n) is 10.4. The largest absolute Gasteiger partial charge is 0.394 e. The maximum absolute atomic E-state index is 12.4. The zero-order valence-corrected chi connectivity index (χ0v) is 12.0. The van der Waals surface area contributed by atoms with E-state index >= 15 is 0 Å². The van der Waals surface area contributed by atoms with Gasteiger partial charge in [0.2, 0.25) is 0 Å². The molecule has 1 saturated heterocycles. The first-order valence-corrected chi connectivity index (χ1v) is 8.02. The molecule has 2 atom stereocenters. The second kappa shape index (κ2) is 5.26. The highest BCUT2D eigenvalue weighted by Gasteiger charge is 2.34. The number of hydrogen-bond acceptors (Lipinski definition) is 5. The van der Waals surface area contributed by atoms with Crippen LogP contribution in [0.15, 0.2) is 16.3 Å². The molecular weight excluding hydrogens is 274 g/mol. The Bertz CT molecular complexity index is 511. The molecule has 1 aromatic rings. The predicted molar refractivity (Wildman–Crippen MR) is 69.2 cm³/mol. The van der Waals surface area contributed by atoms with Crippen LogP contribution in [0.4, 0.5) is 0 Å². The van der Waals surface area contributed by atoms with Crippen LogP contribution in [-0.2, 0) is 14.8 Å². The van der Waals surface area contributed by atoms with Gasteiger partial charge in [-0.3, -0.25) is 0 Å². The predicted octanol–water partition coefficient (Wildman–Crippen LogP) is 0.827. The molecule has 0 amide bonds. The Kier molecular flexibility index (Phi) is 4.08. The number of ether oxygens (including phenoxy) is 1. The fraction of sp³-hybridized carbons (Fsp3) is 0.636. The van der Waals surface area contributed by atoms with E-state index in [-0.39, 0.29) is 19.3 Å². The van der Waals surface area contributed by atoms with Crippen molar-refractivity contribution in [1.82, 2.24) is 4.31 Å². The average Bonchev–Trinajstić information content (AvgIpc) is 2.75. The first-order chi connectivity index (χ1) is 8.43. The zero-order chi connectivity index (χ0) is 13.3. The van der Waals surface area contributed by atoms with Crippen LogP contribution < -0.4 is 0 Å². The molecule has 0 aliphatic carbocycles. The summed E-state index contributed by atoms with van der Waals surface area (Å²) < 4.78 is 32.0. The van der Waals surface area contributed by atoms with Gasteiger partial charge in [-0.2, -0.15) is 4.31 Å². The Hall–Kier alpha value is -0.470. The molecule has 1 N–H and O–H groups in total. The monoisotopic (exact) mass is 291 g/mol. The first kappa shape index (κ1) is 14.0. The molecule has 1 aliphatic rings. The summed E-state index contributed by atoms with van der Waals surface area (Å²) in [6.07, 6.45) is -0.642. The van der Waals surface area contributed by atoms with Gasteiger partial charge in [-0.05, 0) is 26.0 Å². The minimum absolute atomic E-state index is 0.167. The molecule has 2 unspecified atom stereocenters. The van der Waals surface area contributed by atoms with Crippen molar-refractivity contribution in [2.75, 3.05) is 19.7 Å². The van der Waals surface area contributed by atoms with Crippen molar-refractivity contribution in [3.63, 3.8) is 0 Å². The van der Waals surface area contributed by atoms with E-state index < -0.39 is 16.1 Å². The van der Waals surface area contributed by atoms with Gasteiger partial charge in [-0.15, -0.1) is 11.3 Å². The Morgan fingerprint density at radius 2 is 2.22 bits per heavy atom. The molecule has 102 valence electrons. The third-order valence-corrected chi connectivity index (χ3v) is 6.11. The highest BCUT2D eigenvalue weighted by atomic mass is 32.2. The van der Waals surface area contributed by atoms with E-state index in [2.05, 4.69) is 0 Å². The van der Waals surface area contributed by atoms with Gasteiger partial charge in [-0.25, -0.2) is 8.42 Å². The molecule has 0 spiro atoms. The fourth-order valence-corrected chi connectivity index (χ4v) is 4.96. The number of nitrogens with zero attached hydrogens (tertiary/aromatic N) is 1. The van der Waals surface area contributed by atoms with Crippen LogP contribution in [-0.4, -0.2) is 49.7 Å². The van der Waals surface area contributed by atoms with Crippen LogP contribution in [0, 0.1) is 6.92 Å². The van der Waals surface area contributed by atoms with E-state index in [1.54, 1.807) is 12.1 Å². The molecule has 1 aliphatic heterocycles. The van der Waals surface area contributed by atoms with Gasteiger partial charge >= 0.3 is 0 Å². The standard InChI is InChI=1S/C11H17NO4S2/c1-8-5-12(6-10(7-13)16-8)18(14,15)11-4-3-9(2)17-11/h3-4,8,10,13H,5-7H2,1-2H3. The Balaban J connectivity index is 2.24. The van der Waals surface area contributed by atoms with Crippen LogP contribution >= 0.6 is 11.3 Å². The summed E-state index contributed by atoms with van der Waals surface area (Å²) in [5.74, 6) is 0. The summed E-state index contributed by atoms with van der Waals surface area (Å²) in [5, 5.41) is 9.12. The molecule has 0 saturated carbocycles. The lowest BCUT2D eigenvalue weighted by molar-refractivity contribution is -0.0750. The van der Waals surface area contributed by atoms with Crippen LogP contribution in [0.5, 0.6) is 0 Å². The molecular formula is C11H17NO4S2. The van der Waals surface area contributed by atoms with Gasteiger partial charge in [0, 0.05) is 18.0 Å². The highest BCUT2D eigenvalue weighted by molar-refractivity contribution is 7.91. The van der Waals surface area contributed by atoms with Gasteiger partial charge < -0.3 is 9.84 Å². The third kappa shape index (κ3) is 2.75. The smallest absolute Gasteiger partial charge is 0.252 e. The fourth-order valence-electron chi connectivity index (χ4n) is 1.98. The van der Waals surface area contributed by atoms with E-state index in [1.807, 2.05) is 13.8 Å².